The number of benzene rings is 1. The van der Waals surface area contributed by atoms with Crippen LogP contribution in [0.3, 0.4) is 0 Å². The smallest absolute Gasteiger partial charge is 0.412 e. The van der Waals surface area contributed by atoms with Crippen LogP contribution in [-0.2, 0) is 30.1 Å². The van der Waals surface area contributed by atoms with Crippen molar-refractivity contribution in [1.82, 2.24) is 4.90 Å². The van der Waals surface area contributed by atoms with Crippen molar-refractivity contribution in [2.75, 3.05) is 19.4 Å². The molecule has 1 aromatic rings. The molecule has 164 valence electrons. The van der Waals surface area contributed by atoms with Gasteiger partial charge in [-0.05, 0) is 30.0 Å². The molecular formula is C20H33NO6SSi. The van der Waals surface area contributed by atoms with Crippen LogP contribution in [0, 0.1) is 11.3 Å². The first-order valence-corrected chi connectivity index (χ1v) is 14.4. The minimum absolute atomic E-state index is 0.0906. The molecule has 0 radical (unpaired) electrons. The maximum atomic E-state index is 13.0. The van der Waals surface area contributed by atoms with Crippen molar-refractivity contribution in [1.29, 1.82) is 0 Å². The van der Waals surface area contributed by atoms with Gasteiger partial charge in [-0.3, -0.25) is 9.08 Å². The predicted molar refractivity (Wildman–Crippen MR) is 114 cm³/mol. The van der Waals surface area contributed by atoms with E-state index in [0.717, 1.165) is 11.8 Å². The average molecular weight is 444 g/mol. The third kappa shape index (κ3) is 6.80. The van der Waals surface area contributed by atoms with Crippen LogP contribution in [0.5, 0.6) is 0 Å². The molecule has 1 heterocycles. The van der Waals surface area contributed by atoms with E-state index in [2.05, 4.69) is 20.8 Å². The average Bonchev–Trinajstić information content (AvgIpc) is 2.98. The van der Waals surface area contributed by atoms with Gasteiger partial charge in [0.05, 0.1) is 6.26 Å². The summed E-state index contributed by atoms with van der Waals surface area (Å²) < 4.78 is 40.3. The maximum absolute atomic E-state index is 13.0. The van der Waals surface area contributed by atoms with Gasteiger partial charge in [0, 0.05) is 13.0 Å². The highest BCUT2D eigenvalue weighted by molar-refractivity contribution is 7.85. The number of ether oxygens (including phenoxy) is 1. The zero-order valence-electron chi connectivity index (χ0n) is 18.2. The van der Waals surface area contributed by atoms with Gasteiger partial charge in [0.1, 0.15) is 13.2 Å². The largest absolute Gasteiger partial charge is 0.444 e. The molecule has 0 bridgehead atoms. The highest BCUT2D eigenvalue weighted by Gasteiger charge is 2.53. The Bertz CT molecular complexity index is 793. The van der Waals surface area contributed by atoms with Crippen LogP contribution in [0.4, 0.5) is 4.79 Å². The lowest BCUT2D eigenvalue weighted by Gasteiger charge is -2.38. The fourth-order valence-corrected chi connectivity index (χ4v) is 5.05. The van der Waals surface area contributed by atoms with Gasteiger partial charge >= 0.3 is 6.09 Å². The molecule has 1 fully saturated rings. The van der Waals surface area contributed by atoms with Crippen molar-refractivity contribution < 1.29 is 26.6 Å². The molecule has 1 aliphatic heterocycles. The molecule has 0 spiro atoms. The molecule has 1 aliphatic rings. The van der Waals surface area contributed by atoms with E-state index in [-0.39, 0.29) is 24.5 Å². The number of amides is 1. The third-order valence-electron chi connectivity index (χ3n) is 5.06. The lowest BCUT2D eigenvalue weighted by Crippen LogP contribution is -2.54. The Morgan fingerprint density at radius 1 is 1.24 bits per heavy atom. The number of rotatable bonds is 7. The molecule has 0 unspecified atom stereocenters. The number of hydrogen-bond donors (Lipinski definition) is 0. The lowest BCUT2D eigenvalue weighted by atomic mass is 9.79. The molecule has 2 rings (SSSR count). The molecule has 1 amide bonds. The summed E-state index contributed by atoms with van der Waals surface area (Å²) in [7, 11) is -5.33. The van der Waals surface area contributed by atoms with Gasteiger partial charge in [0.25, 0.3) is 10.1 Å². The summed E-state index contributed by atoms with van der Waals surface area (Å²) in [6, 6.07) is 9.42. The van der Waals surface area contributed by atoms with E-state index in [0.29, 0.717) is 13.0 Å². The lowest BCUT2D eigenvalue weighted by molar-refractivity contribution is -0.0800. The van der Waals surface area contributed by atoms with E-state index >= 15 is 0 Å². The summed E-state index contributed by atoms with van der Waals surface area (Å²) in [5.74, 6) is 0.114. The Hall–Kier alpha value is -1.42. The third-order valence-corrected chi connectivity index (χ3v) is 6.52. The summed E-state index contributed by atoms with van der Waals surface area (Å²) in [5, 5.41) is 0. The molecule has 9 heteroatoms. The highest BCUT2D eigenvalue weighted by Crippen LogP contribution is 2.44. The predicted octanol–water partition coefficient (Wildman–Crippen LogP) is 3.36. The number of carbonyl (C=O) groups excluding carboxylic acids is 1. The van der Waals surface area contributed by atoms with Crippen LogP contribution < -0.4 is 0 Å². The Labute approximate surface area is 176 Å². The van der Waals surface area contributed by atoms with E-state index in [1.54, 1.807) is 0 Å². The Morgan fingerprint density at radius 3 is 2.38 bits per heavy atom. The molecule has 1 saturated heterocycles. The van der Waals surface area contributed by atoms with Gasteiger partial charge in [-0.2, -0.15) is 8.42 Å². The van der Waals surface area contributed by atoms with E-state index in [9.17, 15) is 13.2 Å². The normalized spacial score (nSPS) is 22.9. The van der Waals surface area contributed by atoms with Crippen molar-refractivity contribution in [2.45, 2.75) is 52.6 Å². The van der Waals surface area contributed by atoms with E-state index in [1.165, 1.54) is 4.90 Å². The summed E-state index contributed by atoms with van der Waals surface area (Å²) in [6.45, 7) is 10.6. The Balaban J connectivity index is 2.29. The second-order valence-electron chi connectivity index (χ2n) is 9.00. The van der Waals surface area contributed by atoms with E-state index in [4.69, 9.17) is 13.3 Å². The van der Waals surface area contributed by atoms with Gasteiger partial charge in [0.2, 0.25) is 0 Å². The summed E-state index contributed by atoms with van der Waals surface area (Å²) in [6.07, 6.45) is 0.978. The van der Waals surface area contributed by atoms with Crippen LogP contribution >= 0.6 is 0 Å². The van der Waals surface area contributed by atoms with Crippen molar-refractivity contribution in [3.8, 4) is 0 Å². The fraction of sp³-hybridized carbons (Fsp3) is 0.650. The Kier molecular flexibility index (Phi) is 7.53. The summed E-state index contributed by atoms with van der Waals surface area (Å²) in [5.41, 5.74) is -0.355. The number of likely N-dealkylation sites (tertiary alicyclic amines) is 1. The molecule has 1 aromatic carbocycles. The quantitative estimate of drug-likeness (QED) is 0.475. The SMILES string of the molecule is C[SiH](C)O[C@]1(COS(C)(=O)=O)C[C@H](C(C)(C)C)CN1C(=O)OCc1ccccc1. The molecule has 0 N–H and O–H groups in total. The first-order chi connectivity index (χ1) is 13.3. The molecule has 29 heavy (non-hydrogen) atoms. The van der Waals surface area contributed by atoms with Gasteiger partial charge in [-0.25, -0.2) is 4.79 Å². The van der Waals surface area contributed by atoms with Crippen LogP contribution in [0.2, 0.25) is 13.1 Å². The first-order valence-electron chi connectivity index (χ1n) is 9.83. The monoisotopic (exact) mass is 443 g/mol. The molecule has 0 saturated carbocycles. The van der Waals surface area contributed by atoms with Crippen molar-refractivity contribution >= 4 is 25.3 Å². The van der Waals surface area contributed by atoms with Crippen molar-refractivity contribution in [3.05, 3.63) is 35.9 Å². The van der Waals surface area contributed by atoms with Gasteiger partial charge < -0.3 is 9.16 Å². The fourth-order valence-electron chi connectivity index (χ4n) is 3.49. The summed E-state index contributed by atoms with van der Waals surface area (Å²) >= 11 is 0. The Morgan fingerprint density at radius 2 is 1.86 bits per heavy atom. The van der Waals surface area contributed by atoms with Crippen LogP contribution in [0.15, 0.2) is 30.3 Å². The summed E-state index contributed by atoms with van der Waals surface area (Å²) in [4.78, 5) is 14.6. The van der Waals surface area contributed by atoms with Crippen LogP contribution in [-0.4, -0.2) is 53.6 Å². The first kappa shape index (κ1) is 23.9. The highest BCUT2D eigenvalue weighted by atomic mass is 32.2. The van der Waals surface area contributed by atoms with Crippen LogP contribution in [0.25, 0.3) is 0 Å². The second kappa shape index (κ2) is 9.16. The molecule has 0 aliphatic carbocycles. The van der Waals surface area contributed by atoms with Crippen molar-refractivity contribution in [2.24, 2.45) is 11.3 Å². The molecule has 0 aromatic heterocycles. The van der Waals surface area contributed by atoms with Gasteiger partial charge in [0.15, 0.2) is 14.8 Å². The minimum Gasteiger partial charge on any atom is -0.444 e. The molecule has 7 nitrogen and oxygen atoms in total. The van der Waals surface area contributed by atoms with Gasteiger partial charge in [-0.1, -0.05) is 51.1 Å². The van der Waals surface area contributed by atoms with E-state index < -0.39 is 31.0 Å². The topological polar surface area (TPSA) is 82.1 Å². The maximum Gasteiger partial charge on any atom is 0.412 e. The molecule has 2 atom stereocenters. The second-order valence-corrected chi connectivity index (χ2v) is 13.0. The zero-order valence-corrected chi connectivity index (χ0v) is 20.1. The molecular weight excluding hydrogens is 410 g/mol. The van der Waals surface area contributed by atoms with Crippen LogP contribution in [0.1, 0.15) is 32.8 Å². The van der Waals surface area contributed by atoms with E-state index in [1.807, 2.05) is 43.4 Å². The standard InChI is InChI=1S/C20H33NO6SSi/c1-19(2,3)17-12-20(27-29(5)6,15-26-28(4,23)24)21(13-17)18(22)25-14-16-10-8-7-9-11-16/h7-11,17,29H,12-15H2,1-6H3/t17-,20-/m0/s1. The number of nitrogens with zero attached hydrogens (tertiary/aromatic N) is 1. The zero-order chi connectivity index (χ0) is 21.9. The number of hydrogen-bond acceptors (Lipinski definition) is 6. The van der Waals surface area contributed by atoms with Gasteiger partial charge in [-0.15, -0.1) is 0 Å². The minimum atomic E-state index is -3.69. The van der Waals surface area contributed by atoms with Crippen molar-refractivity contribution in [3.63, 3.8) is 0 Å². The number of carbonyl (C=O) groups is 1.